The van der Waals surface area contributed by atoms with Gasteiger partial charge in [0.2, 0.25) is 0 Å². The maximum absolute atomic E-state index is 12.8. The molecule has 152 valence electrons. The number of hydrogen-bond donors (Lipinski definition) is 0. The van der Waals surface area contributed by atoms with Gasteiger partial charge in [-0.05, 0) is 54.8 Å². The van der Waals surface area contributed by atoms with Crippen LogP contribution in [0, 0.1) is 0 Å². The molecule has 0 aliphatic heterocycles. The van der Waals surface area contributed by atoms with Gasteiger partial charge >= 0.3 is 5.97 Å². The van der Waals surface area contributed by atoms with Gasteiger partial charge in [0.25, 0.3) is 0 Å². The molecule has 0 amide bonds. The first kappa shape index (κ1) is 19.9. The van der Waals surface area contributed by atoms with Crippen LogP contribution in [0.25, 0.3) is 21.5 Å². The van der Waals surface area contributed by atoms with Crippen molar-refractivity contribution in [2.45, 2.75) is 6.92 Å². The van der Waals surface area contributed by atoms with Gasteiger partial charge in [-0.1, -0.05) is 24.3 Å². The molecule has 0 unspecified atom stereocenters. The lowest BCUT2D eigenvalue weighted by Crippen LogP contribution is -2.13. The Bertz CT molecular complexity index is 1120. The average Bonchev–Trinajstić information content (AvgIpc) is 3.32. The third-order valence-electron chi connectivity index (χ3n) is 4.43. The molecule has 4 aromatic rings. The number of fused-ring (bicyclic) bond motifs is 1. The number of ether oxygens (including phenoxy) is 3. The van der Waals surface area contributed by atoms with E-state index < -0.39 is 0 Å². The highest BCUT2D eigenvalue weighted by Gasteiger charge is 2.15. The van der Waals surface area contributed by atoms with Gasteiger partial charge in [0, 0.05) is 5.39 Å². The van der Waals surface area contributed by atoms with E-state index >= 15 is 0 Å². The Kier molecular flexibility index (Phi) is 6.25. The molecule has 2 aromatic heterocycles. The molecule has 0 atom stereocenters. The van der Waals surface area contributed by atoms with Crippen LogP contribution < -0.4 is 9.47 Å². The first-order valence-electron chi connectivity index (χ1n) is 9.71. The van der Waals surface area contributed by atoms with Gasteiger partial charge in [0.1, 0.15) is 24.7 Å². The molecular weight excluding hydrogens is 398 g/mol. The van der Waals surface area contributed by atoms with Crippen LogP contribution in [-0.4, -0.2) is 30.8 Å². The molecule has 0 saturated heterocycles. The number of carbonyl (C=O) groups excluding carboxylic acids is 1. The van der Waals surface area contributed by atoms with E-state index in [1.54, 1.807) is 17.4 Å². The number of rotatable bonds is 8. The number of carbonyl (C=O) groups is 1. The number of esters is 1. The van der Waals surface area contributed by atoms with Crippen LogP contribution in [0.3, 0.4) is 0 Å². The Balaban J connectivity index is 1.43. The second-order valence-corrected chi connectivity index (χ2v) is 7.39. The fourth-order valence-electron chi connectivity index (χ4n) is 3.07. The molecule has 0 aliphatic carbocycles. The van der Waals surface area contributed by atoms with Crippen LogP contribution in [0.4, 0.5) is 0 Å². The zero-order chi connectivity index (χ0) is 20.8. The van der Waals surface area contributed by atoms with Crippen molar-refractivity contribution in [3.05, 3.63) is 77.7 Å². The van der Waals surface area contributed by atoms with Crippen molar-refractivity contribution in [2.75, 3.05) is 19.8 Å². The molecule has 0 bridgehead atoms. The summed E-state index contributed by atoms with van der Waals surface area (Å²) in [5.74, 6) is 1.10. The number of pyridine rings is 1. The van der Waals surface area contributed by atoms with Crippen molar-refractivity contribution in [2.24, 2.45) is 0 Å². The van der Waals surface area contributed by atoms with Gasteiger partial charge in [0.05, 0.1) is 28.3 Å². The molecule has 0 N–H and O–H groups in total. The molecule has 0 saturated carbocycles. The predicted molar refractivity (Wildman–Crippen MR) is 118 cm³/mol. The van der Waals surface area contributed by atoms with E-state index in [4.69, 9.17) is 14.2 Å². The third kappa shape index (κ3) is 4.60. The fraction of sp³-hybridized carbons (Fsp3) is 0.167. The lowest BCUT2D eigenvalue weighted by atomic mass is 10.1. The highest BCUT2D eigenvalue weighted by molar-refractivity contribution is 7.13. The zero-order valence-electron chi connectivity index (χ0n) is 16.5. The molecule has 6 heteroatoms. The van der Waals surface area contributed by atoms with E-state index in [1.807, 2.05) is 73.0 Å². The SMILES string of the molecule is CCOc1ccc(OCCOC(=O)c2cc(-c3cccs3)nc3ccccc23)cc1. The van der Waals surface area contributed by atoms with Gasteiger partial charge in [-0.3, -0.25) is 0 Å². The summed E-state index contributed by atoms with van der Waals surface area (Å²) in [4.78, 5) is 18.5. The average molecular weight is 420 g/mol. The minimum absolute atomic E-state index is 0.150. The number of thiophene rings is 1. The topological polar surface area (TPSA) is 57.7 Å². The summed E-state index contributed by atoms with van der Waals surface area (Å²) < 4.78 is 16.5. The summed E-state index contributed by atoms with van der Waals surface area (Å²) >= 11 is 1.58. The molecule has 0 aliphatic rings. The number of hydrogen-bond acceptors (Lipinski definition) is 6. The Morgan fingerprint density at radius 1 is 0.933 bits per heavy atom. The highest BCUT2D eigenvalue weighted by Crippen LogP contribution is 2.28. The van der Waals surface area contributed by atoms with Crippen LogP contribution in [0.1, 0.15) is 17.3 Å². The molecule has 2 aromatic carbocycles. The van der Waals surface area contributed by atoms with E-state index in [9.17, 15) is 4.79 Å². The van der Waals surface area contributed by atoms with E-state index in [0.717, 1.165) is 27.2 Å². The Morgan fingerprint density at radius 2 is 1.70 bits per heavy atom. The lowest BCUT2D eigenvalue weighted by Gasteiger charge is -2.10. The van der Waals surface area contributed by atoms with Crippen LogP contribution in [0.5, 0.6) is 11.5 Å². The largest absolute Gasteiger partial charge is 0.494 e. The Morgan fingerprint density at radius 3 is 2.43 bits per heavy atom. The molecule has 0 radical (unpaired) electrons. The standard InChI is InChI=1S/C24H21NO4S/c1-2-27-17-9-11-18(12-10-17)28-13-14-29-24(26)20-16-22(23-8-5-15-30-23)25-21-7-4-3-6-19(20)21/h3-12,15-16H,2,13-14H2,1H3. The minimum Gasteiger partial charge on any atom is -0.494 e. The highest BCUT2D eigenvalue weighted by atomic mass is 32.1. The normalized spacial score (nSPS) is 10.7. The molecule has 5 nitrogen and oxygen atoms in total. The number of nitrogens with zero attached hydrogens (tertiary/aromatic N) is 1. The molecular formula is C24H21NO4S. The minimum atomic E-state index is -0.387. The first-order valence-corrected chi connectivity index (χ1v) is 10.6. The second kappa shape index (κ2) is 9.41. The fourth-order valence-corrected chi connectivity index (χ4v) is 3.75. The zero-order valence-corrected chi connectivity index (χ0v) is 17.4. The maximum atomic E-state index is 12.8. The van der Waals surface area contributed by atoms with E-state index in [2.05, 4.69) is 4.98 Å². The summed E-state index contributed by atoms with van der Waals surface area (Å²) in [7, 11) is 0. The van der Waals surface area contributed by atoms with Crippen molar-refractivity contribution in [3.63, 3.8) is 0 Å². The van der Waals surface area contributed by atoms with Gasteiger partial charge in [-0.25, -0.2) is 9.78 Å². The molecule has 30 heavy (non-hydrogen) atoms. The summed E-state index contributed by atoms with van der Waals surface area (Å²) in [5.41, 5.74) is 2.03. The van der Waals surface area contributed by atoms with Crippen molar-refractivity contribution in [1.82, 2.24) is 4.98 Å². The quantitative estimate of drug-likeness (QED) is 0.275. The van der Waals surface area contributed by atoms with Gasteiger partial charge in [0.15, 0.2) is 0 Å². The van der Waals surface area contributed by atoms with E-state index in [0.29, 0.717) is 17.9 Å². The van der Waals surface area contributed by atoms with Crippen molar-refractivity contribution in [3.8, 4) is 22.1 Å². The smallest absolute Gasteiger partial charge is 0.339 e. The Labute approximate surface area is 178 Å². The number of benzene rings is 2. The molecule has 0 fully saturated rings. The first-order chi connectivity index (χ1) is 14.7. The van der Waals surface area contributed by atoms with Crippen molar-refractivity contribution < 1.29 is 19.0 Å². The summed E-state index contributed by atoms with van der Waals surface area (Å²) in [6.45, 7) is 2.97. The summed E-state index contributed by atoms with van der Waals surface area (Å²) in [6, 6.07) is 20.7. The third-order valence-corrected chi connectivity index (χ3v) is 5.32. The molecule has 4 rings (SSSR count). The van der Waals surface area contributed by atoms with Crippen LogP contribution in [-0.2, 0) is 4.74 Å². The molecule has 0 spiro atoms. The number of para-hydroxylation sites is 1. The van der Waals surface area contributed by atoms with Gasteiger partial charge in [-0.15, -0.1) is 11.3 Å². The van der Waals surface area contributed by atoms with E-state index in [1.165, 1.54) is 0 Å². The summed E-state index contributed by atoms with van der Waals surface area (Å²) in [5, 5.41) is 2.76. The number of aromatic nitrogens is 1. The van der Waals surface area contributed by atoms with E-state index in [-0.39, 0.29) is 19.2 Å². The monoisotopic (exact) mass is 419 g/mol. The van der Waals surface area contributed by atoms with Crippen LogP contribution in [0.2, 0.25) is 0 Å². The Hall–Kier alpha value is -3.38. The van der Waals surface area contributed by atoms with Gasteiger partial charge < -0.3 is 14.2 Å². The lowest BCUT2D eigenvalue weighted by molar-refractivity contribution is 0.0452. The van der Waals surface area contributed by atoms with Crippen molar-refractivity contribution >= 4 is 28.2 Å². The molecule has 2 heterocycles. The van der Waals surface area contributed by atoms with Gasteiger partial charge in [-0.2, -0.15) is 0 Å². The second-order valence-electron chi connectivity index (χ2n) is 6.44. The van der Waals surface area contributed by atoms with Crippen LogP contribution in [0.15, 0.2) is 72.1 Å². The van der Waals surface area contributed by atoms with Crippen molar-refractivity contribution in [1.29, 1.82) is 0 Å². The summed E-state index contributed by atoms with van der Waals surface area (Å²) in [6.07, 6.45) is 0. The predicted octanol–water partition coefficient (Wildman–Crippen LogP) is 5.60. The van der Waals surface area contributed by atoms with Crippen LogP contribution >= 0.6 is 11.3 Å². The maximum Gasteiger partial charge on any atom is 0.339 e.